The highest BCUT2D eigenvalue weighted by atomic mass is 35.5. The zero-order valence-electron chi connectivity index (χ0n) is 13.4. The number of amides is 1. The Hall–Kier alpha value is -2.58. The van der Waals surface area contributed by atoms with Crippen LogP contribution in [0.2, 0.25) is 5.02 Å². The zero-order valence-corrected chi connectivity index (χ0v) is 14.1. The maximum Gasteiger partial charge on any atom is 0.250 e. The second-order valence-corrected chi connectivity index (χ2v) is 6.70. The summed E-state index contributed by atoms with van der Waals surface area (Å²) in [6, 6.07) is 11.7. The highest BCUT2D eigenvalue weighted by Crippen LogP contribution is 2.41. The third kappa shape index (κ3) is 2.54. The van der Waals surface area contributed by atoms with Gasteiger partial charge in [0.25, 0.3) is 0 Å². The molecule has 2 aromatic rings. The van der Waals surface area contributed by atoms with E-state index in [1.807, 2.05) is 6.07 Å². The van der Waals surface area contributed by atoms with Crippen LogP contribution < -0.4 is 9.80 Å². The van der Waals surface area contributed by atoms with Gasteiger partial charge in [0.2, 0.25) is 5.91 Å². The second-order valence-electron chi connectivity index (χ2n) is 6.29. The lowest BCUT2D eigenvalue weighted by Gasteiger charge is -2.39. The fraction of sp³-hybridized carbons (Fsp3) is 0.263. The van der Waals surface area contributed by atoms with Gasteiger partial charge in [-0.2, -0.15) is 5.26 Å². The summed E-state index contributed by atoms with van der Waals surface area (Å²) in [5.41, 5.74) is 2.31. The van der Waals surface area contributed by atoms with Gasteiger partial charge in [-0.05, 0) is 43.2 Å². The van der Waals surface area contributed by atoms with Crippen molar-refractivity contribution in [3.63, 3.8) is 0 Å². The van der Waals surface area contributed by atoms with Gasteiger partial charge in [0.05, 0.1) is 29.6 Å². The molecule has 0 saturated carbocycles. The van der Waals surface area contributed by atoms with Crippen molar-refractivity contribution < 1.29 is 9.18 Å². The van der Waals surface area contributed by atoms with E-state index in [0.717, 1.165) is 25.1 Å². The van der Waals surface area contributed by atoms with E-state index in [0.29, 0.717) is 16.3 Å². The van der Waals surface area contributed by atoms with Crippen LogP contribution in [0.4, 0.5) is 15.8 Å². The monoisotopic (exact) mass is 355 g/mol. The lowest BCUT2D eigenvalue weighted by atomic mass is 10.0. The van der Waals surface area contributed by atoms with Gasteiger partial charge in [0, 0.05) is 17.1 Å². The van der Waals surface area contributed by atoms with Crippen molar-refractivity contribution in [1.29, 1.82) is 5.26 Å². The second kappa shape index (κ2) is 6.05. The average molecular weight is 356 g/mol. The molecule has 1 atom stereocenters. The predicted molar refractivity (Wildman–Crippen MR) is 94.1 cm³/mol. The minimum atomic E-state index is -0.438. The van der Waals surface area contributed by atoms with Gasteiger partial charge in [-0.1, -0.05) is 17.7 Å². The maximum absolute atomic E-state index is 14.2. The van der Waals surface area contributed by atoms with Crippen LogP contribution in [-0.2, 0) is 11.3 Å². The molecule has 25 heavy (non-hydrogen) atoms. The van der Waals surface area contributed by atoms with E-state index in [1.165, 1.54) is 6.07 Å². The molecule has 0 radical (unpaired) electrons. The largest absolute Gasteiger partial charge is 0.358 e. The average Bonchev–Trinajstić information content (AvgIpc) is 3.10. The van der Waals surface area contributed by atoms with Crippen LogP contribution in [-0.4, -0.2) is 18.5 Å². The number of nitrogens with zero attached hydrogens (tertiary/aromatic N) is 3. The van der Waals surface area contributed by atoms with E-state index < -0.39 is 5.82 Å². The van der Waals surface area contributed by atoms with Gasteiger partial charge >= 0.3 is 0 Å². The van der Waals surface area contributed by atoms with Gasteiger partial charge in [-0.3, -0.25) is 4.79 Å². The van der Waals surface area contributed by atoms with E-state index in [-0.39, 0.29) is 24.1 Å². The highest BCUT2D eigenvalue weighted by molar-refractivity contribution is 6.31. The molecular formula is C19H15ClFN3O. The molecule has 6 heteroatoms. The first-order chi connectivity index (χ1) is 12.1. The molecule has 4 rings (SSSR count). The molecule has 0 N–H and O–H groups in total. The van der Waals surface area contributed by atoms with E-state index in [9.17, 15) is 14.4 Å². The Morgan fingerprint density at radius 3 is 2.88 bits per heavy atom. The van der Waals surface area contributed by atoms with Crippen LogP contribution in [0.1, 0.15) is 24.0 Å². The molecule has 2 aliphatic heterocycles. The molecule has 0 spiro atoms. The van der Waals surface area contributed by atoms with E-state index in [1.54, 1.807) is 29.2 Å². The Labute approximate surface area is 150 Å². The number of hydrogen-bond donors (Lipinski definition) is 0. The molecule has 0 aromatic heterocycles. The van der Waals surface area contributed by atoms with Gasteiger partial charge < -0.3 is 9.80 Å². The maximum atomic E-state index is 14.2. The molecule has 0 unspecified atom stereocenters. The Morgan fingerprint density at radius 2 is 2.12 bits per heavy atom. The molecule has 2 aromatic carbocycles. The molecule has 4 nitrogen and oxygen atoms in total. The number of hydrogen-bond acceptors (Lipinski definition) is 3. The molecule has 126 valence electrons. The summed E-state index contributed by atoms with van der Waals surface area (Å²) >= 11 is 6.15. The summed E-state index contributed by atoms with van der Waals surface area (Å²) in [7, 11) is 0. The number of rotatable bonds is 2. The number of carbonyl (C=O) groups is 1. The molecule has 2 aliphatic rings. The lowest BCUT2D eigenvalue weighted by molar-refractivity contribution is -0.120. The molecule has 1 saturated heterocycles. The first-order valence-corrected chi connectivity index (χ1v) is 8.53. The van der Waals surface area contributed by atoms with Crippen molar-refractivity contribution in [3.05, 3.63) is 58.4 Å². The van der Waals surface area contributed by atoms with Crippen molar-refractivity contribution in [1.82, 2.24) is 0 Å². The zero-order chi connectivity index (χ0) is 17.6. The van der Waals surface area contributed by atoms with Crippen molar-refractivity contribution in [3.8, 4) is 6.07 Å². The quantitative estimate of drug-likeness (QED) is 0.821. The summed E-state index contributed by atoms with van der Waals surface area (Å²) in [5.74, 6) is -0.508. The first kappa shape index (κ1) is 15.9. The van der Waals surface area contributed by atoms with Crippen LogP contribution >= 0.6 is 11.6 Å². The minimum Gasteiger partial charge on any atom is -0.358 e. The third-order valence-corrected chi connectivity index (χ3v) is 5.24. The molecular weight excluding hydrogens is 341 g/mol. The van der Waals surface area contributed by atoms with Crippen molar-refractivity contribution in [2.24, 2.45) is 0 Å². The third-order valence-electron chi connectivity index (χ3n) is 4.89. The number of benzene rings is 2. The Kier molecular flexibility index (Phi) is 3.85. The first-order valence-electron chi connectivity index (χ1n) is 8.15. The number of nitriles is 1. The molecule has 0 aliphatic carbocycles. The highest BCUT2D eigenvalue weighted by Gasteiger charge is 2.41. The normalized spacial score (nSPS) is 18.8. The van der Waals surface area contributed by atoms with Crippen LogP contribution in [0.25, 0.3) is 0 Å². The van der Waals surface area contributed by atoms with Gasteiger partial charge in [-0.15, -0.1) is 0 Å². The van der Waals surface area contributed by atoms with Gasteiger partial charge in [0.15, 0.2) is 0 Å². The number of carbonyl (C=O) groups excluding carboxylic acids is 1. The van der Waals surface area contributed by atoms with E-state index in [4.69, 9.17) is 11.6 Å². The van der Waals surface area contributed by atoms with E-state index in [2.05, 4.69) is 11.0 Å². The minimum absolute atomic E-state index is 0.0521. The van der Waals surface area contributed by atoms with E-state index >= 15 is 0 Å². The molecule has 2 heterocycles. The van der Waals surface area contributed by atoms with Crippen molar-refractivity contribution >= 4 is 28.9 Å². The number of anilines is 2. The lowest BCUT2D eigenvalue weighted by Crippen LogP contribution is -2.50. The summed E-state index contributed by atoms with van der Waals surface area (Å²) in [6.45, 7) is 0.861. The van der Waals surface area contributed by atoms with Crippen LogP contribution in [0.3, 0.4) is 0 Å². The Morgan fingerprint density at radius 1 is 1.28 bits per heavy atom. The standard InChI is InChI=1S/C19H15ClFN3O/c20-14-3-1-4-15(21)13(14)11-24-18-9-12(10-22)6-7-16(18)23-8-2-5-17(23)19(24)25/h1,3-4,6-7,9,17H,2,5,8,11H2/t17-/m0/s1. The molecule has 1 fully saturated rings. The van der Waals surface area contributed by atoms with Crippen LogP contribution in [0, 0.1) is 17.1 Å². The Balaban J connectivity index is 1.83. The fourth-order valence-electron chi connectivity index (χ4n) is 3.67. The summed E-state index contributed by atoms with van der Waals surface area (Å²) < 4.78 is 14.2. The summed E-state index contributed by atoms with van der Waals surface area (Å²) in [5, 5.41) is 9.50. The fourth-order valence-corrected chi connectivity index (χ4v) is 3.89. The summed E-state index contributed by atoms with van der Waals surface area (Å²) in [4.78, 5) is 16.7. The SMILES string of the molecule is N#Cc1ccc2c(c1)N(Cc1c(F)cccc1Cl)C(=O)[C@@H]1CCCN21. The van der Waals surface area contributed by atoms with Crippen LogP contribution in [0.15, 0.2) is 36.4 Å². The smallest absolute Gasteiger partial charge is 0.250 e. The molecule has 1 amide bonds. The summed E-state index contributed by atoms with van der Waals surface area (Å²) in [6.07, 6.45) is 1.71. The van der Waals surface area contributed by atoms with Crippen molar-refractivity contribution in [2.75, 3.05) is 16.3 Å². The Bertz CT molecular complexity index is 888. The molecule has 0 bridgehead atoms. The van der Waals surface area contributed by atoms with Gasteiger partial charge in [0.1, 0.15) is 11.9 Å². The topological polar surface area (TPSA) is 47.3 Å². The van der Waals surface area contributed by atoms with Gasteiger partial charge in [-0.25, -0.2) is 4.39 Å². The number of halogens is 2. The number of fused-ring (bicyclic) bond motifs is 3. The predicted octanol–water partition coefficient (Wildman–Crippen LogP) is 3.87. The van der Waals surface area contributed by atoms with Crippen molar-refractivity contribution in [2.45, 2.75) is 25.4 Å². The van der Waals surface area contributed by atoms with Crippen LogP contribution in [0.5, 0.6) is 0 Å².